The summed E-state index contributed by atoms with van der Waals surface area (Å²) in [6.07, 6.45) is 0. The molecule has 0 saturated heterocycles. The van der Waals surface area contributed by atoms with Crippen LogP contribution < -0.4 is 10.1 Å². The van der Waals surface area contributed by atoms with Gasteiger partial charge in [0.05, 0.1) is 11.2 Å². The third-order valence-electron chi connectivity index (χ3n) is 2.29. The first kappa shape index (κ1) is 12.9. The van der Waals surface area contributed by atoms with E-state index >= 15 is 0 Å². The lowest BCUT2D eigenvalue weighted by molar-refractivity contribution is -0.0505. The zero-order chi connectivity index (χ0) is 12.8. The number of halogens is 2. The summed E-state index contributed by atoms with van der Waals surface area (Å²) in [4.78, 5) is 4.12. The fourth-order valence-corrected chi connectivity index (χ4v) is 2.07. The van der Waals surface area contributed by atoms with Gasteiger partial charge < -0.3 is 10.1 Å². The third-order valence-corrected chi connectivity index (χ3v) is 2.93. The molecule has 0 radical (unpaired) electrons. The van der Waals surface area contributed by atoms with Crippen molar-refractivity contribution in [2.45, 2.75) is 19.7 Å². The molecule has 0 bridgehead atoms. The molecule has 1 heterocycles. The van der Waals surface area contributed by atoms with E-state index in [0.29, 0.717) is 18.7 Å². The van der Waals surface area contributed by atoms with Crippen LogP contribution in [0.5, 0.6) is 5.75 Å². The number of thiazole rings is 1. The van der Waals surface area contributed by atoms with Crippen LogP contribution >= 0.6 is 11.3 Å². The number of alkyl halides is 2. The quantitative estimate of drug-likeness (QED) is 0.876. The van der Waals surface area contributed by atoms with Crippen molar-refractivity contribution in [3.8, 4) is 5.75 Å². The van der Waals surface area contributed by atoms with E-state index in [-0.39, 0.29) is 5.75 Å². The highest BCUT2D eigenvalue weighted by Crippen LogP contribution is 2.20. The Labute approximate surface area is 107 Å². The molecule has 96 valence electrons. The Morgan fingerprint density at radius 1 is 1.28 bits per heavy atom. The van der Waals surface area contributed by atoms with Gasteiger partial charge >= 0.3 is 6.61 Å². The second kappa shape index (κ2) is 6.42. The summed E-state index contributed by atoms with van der Waals surface area (Å²) < 4.78 is 28.8. The Hall–Kier alpha value is -1.53. The molecule has 3 nitrogen and oxygen atoms in total. The highest BCUT2D eigenvalue weighted by Gasteiger charge is 2.08. The van der Waals surface area contributed by atoms with Crippen molar-refractivity contribution in [1.82, 2.24) is 10.3 Å². The summed E-state index contributed by atoms with van der Waals surface area (Å²) in [5, 5.41) is 5.08. The second-order valence-corrected chi connectivity index (χ2v) is 4.29. The summed E-state index contributed by atoms with van der Waals surface area (Å²) in [5.41, 5.74) is 3.39. The number of nitrogens with one attached hydrogen (secondary N) is 1. The maximum Gasteiger partial charge on any atom is 0.387 e. The first-order valence-electron chi connectivity index (χ1n) is 5.36. The van der Waals surface area contributed by atoms with Gasteiger partial charge in [-0.05, 0) is 6.07 Å². The molecule has 0 spiro atoms. The van der Waals surface area contributed by atoms with E-state index in [4.69, 9.17) is 0 Å². The van der Waals surface area contributed by atoms with Crippen LogP contribution in [0.4, 0.5) is 8.78 Å². The molecule has 6 heteroatoms. The molecule has 0 aliphatic carbocycles. The molecule has 0 fully saturated rings. The lowest BCUT2D eigenvalue weighted by Crippen LogP contribution is -2.14. The van der Waals surface area contributed by atoms with E-state index in [1.54, 1.807) is 23.7 Å². The van der Waals surface area contributed by atoms with Crippen LogP contribution in [-0.2, 0) is 13.1 Å². The molecule has 18 heavy (non-hydrogen) atoms. The highest BCUT2D eigenvalue weighted by atomic mass is 32.1. The predicted molar refractivity (Wildman–Crippen MR) is 65.7 cm³/mol. The average Bonchev–Trinajstić information content (AvgIpc) is 2.84. The van der Waals surface area contributed by atoms with Gasteiger partial charge in [0.2, 0.25) is 0 Å². The van der Waals surface area contributed by atoms with Crippen LogP contribution in [0.25, 0.3) is 0 Å². The van der Waals surface area contributed by atoms with Crippen molar-refractivity contribution < 1.29 is 13.5 Å². The van der Waals surface area contributed by atoms with Crippen molar-refractivity contribution in [3.05, 3.63) is 46.4 Å². The van der Waals surface area contributed by atoms with Gasteiger partial charge in [-0.15, -0.1) is 11.3 Å². The van der Waals surface area contributed by atoms with E-state index in [9.17, 15) is 8.78 Å². The van der Waals surface area contributed by atoms with Crippen LogP contribution in [0.3, 0.4) is 0 Å². The van der Waals surface area contributed by atoms with Gasteiger partial charge in [-0.3, -0.25) is 0 Å². The standard InChI is InChI=1S/C12H12F2N2OS/c13-12(14)17-11-4-2-1-3-9(11)5-15-6-10-7-18-8-16-10/h1-4,7-8,12,15H,5-6H2. The van der Waals surface area contributed by atoms with Gasteiger partial charge in [-0.25, -0.2) is 4.98 Å². The monoisotopic (exact) mass is 270 g/mol. The molecule has 1 aromatic heterocycles. The van der Waals surface area contributed by atoms with Crippen LogP contribution in [0.2, 0.25) is 0 Å². The third kappa shape index (κ3) is 3.75. The van der Waals surface area contributed by atoms with Crippen molar-refractivity contribution in [2.75, 3.05) is 0 Å². The molecule has 0 aliphatic heterocycles. The minimum atomic E-state index is -2.80. The van der Waals surface area contributed by atoms with Crippen LogP contribution in [0.1, 0.15) is 11.3 Å². The zero-order valence-corrected chi connectivity index (χ0v) is 10.3. The molecule has 2 aromatic rings. The Morgan fingerprint density at radius 3 is 2.83 bits per heavy atom. The number of aromatic nitrogens is 1. The number of benzene rings is 1. The number of hydrogen-bond acceptors (Lipinski definition) is 4. The maximum absolute atomic E-state index is 12.2. The van der Waals surface area contributed by atoms with Gasteiger partial charge in [0.15, 0.2) is 0 Å². The first-order valence-corrected chi connectivity index (χ1v) is 6.30. The first-order chi connectivity index (χ1) is 8.75. The number of nitrogens with zero attached hydrogens (tertiary/aromatic N) is 1. The van der Waals surface area contributed by atoms with Crippen LogP contribution in [-0.4, -0.2) is 11.6 Å². The molecule has 0 unspecified atom stereocenters. The van der Waals surface area contributed by atoms with E-state index in [1.165, 1.54) is 17.4 Å². The Balaban J connectivity index is 1.92. The normalized spacial score (nSPS) is 10.8. The van der Waals surface area contributed by atoms with Crippen LogP contribution in [0, 0.1) is 0 Å². The van der Waals surface area contributed by atoms with Crippen molar-refractivity contribution in [1.29, 1.82) is 0 Å². The average molecular weight is 270 g/mol. The minimum Gasteiger partial charge on any atom is -0.434 e. The van der Waals surface area contributed by atoms with Crippen molar-refractivity contribution in [3.63, 3.8) is 0 Å². The molecule has 1 aromatic carbocycles. The van der Waals surface area contributed by atoms with Gasteiger partial charge in [0.1, 0.15) is 5.75 Å². The summed E-state index contributed by atoms with van der Waals surface area (Å²) in [6, 6.07) is 6.75. The largest absolute Gasteiger partial charge is 0.434 e. The molecule has 0 aliphatic rings. The summed E-state index contributed by atoms with van der Waals surface area (Å²) in [5.74, 6) is 0.207. The van der Waals surface area contributed by atoms with E-state index in [2.05, 4.69) is 15.0 Å². The lowest BCUT2D eigenvalue weighted by atomic mass is 10.2. The molecule has 2 rings (SSSR count). The topological polar surface area (TPSA) is 34.1 Å². The van der Waals surface area contributed by atoms with Gasteiger partial charge in [-0.1, -0.05) is 18.2 Å². The Morgan fingerprint density at radius 2 is 2.11 bits per heavy atom. The van der Waals surface area contributed by atoms with Crippen molar-refractivity contribution >= 4 is 11.3 Å². The van der Waals surface area contributed by atoms with Crippen LogP contribution in [0.15, 0.2) is 35.2 Å². The van der Waals surface area contributed by atoms with E-state index in [0.717, 1.165) is 5.69 Å². The van der Waals surface area contributed by atoms with E-state index in [1.807, 2.05) is 5.38 Å². The fourth-order valence-electron chi connectivity index (χ4n) is 1.51. The van der Waals surface area contributed by atoms with Gasteiger partial charge in [0, 0.05) is 24.0 Å². The predicted octanol–water partition coefficient (Wildman–Crippen LogP) is 3.03. The molecular weight excluding hydrogens is 258 g/mol. The minimum absolute atomic E-state index is 0.207. The van der Waals surface area contributed by atoms with Gasteiger partial charge in [0.25, 0.3) is 0 Å². The molecule has 0 atom stereocenters. The van der Waals surface area contributed by atoms with Gasteiger partial charge in [-0.2, -0.15) is 8.78 Å². The smallest absolute Gasteiger partial charge is 0.387 e. The van der Waals surface area contributed by atoms with Crippen molar-refractivity contribution in [2.24, 2.45) is 0 Å². The second-order valence-electron chi connectivity index (χ2n) is 3.57. The Kier molecular flexibility index (Phi) is 4.60. The number of rotatable bonds is 6. The molecule has 1 N–H and O–H groups in total. The molecular formula is C12H12F2N2OS. The summed E-state index contributed by atoms with van der Waals surface area (Å²) in [6.45, 7) is -1.74. The highest BCUT2D eigenvalue weighted by molar-refractivity contribution is 7.07. The molecule has 0 amide bonds. The van der Waals surface area contributed by atoms with E-state index < -0.39 is 6.61 Å². The zero-order valence-electron chi connectivity index (χ0n) is 9.48. The number of para-hydroxylation sites is 1. The Bertz CT molecular complexity index is 477. The maximum atomic E-state index is 12.2. The molecule has 0 saturated carbocycles. The summed E-state index contributed by atoms with van der Waals surface area (Å²) in [7, 11) is 0. The summed E-state index contributed by atoms with van der Waals surface area (Å²) >= 11 is 1.52. The SMILES string of the molecule is FC(F)Oc1ccccc1CNCc1cscn1. The fraction of sp³-hybridized carbons (Fsp3) is 0.250. The lowest BCUT2D eigenvalue weighted by Gasteiger charge is -2.10. The number of ether oxygens (including phenoxy) is 1. The number of hydrogen-bond donors (Lipinski definition) is 1.